The summed E-state index contributed by atoms with van der Waals surface area (Å²) in [6.07, 6.45) is 4.88. The second kappa shape index (κ2) is 10.8. The Morgan fingerprint density at radius 2 is 1.84 bits per heavy atom. The number of aromatic nitrogens is 2. The van der Waals surface area contributed by atoms with E-state index in [2.05, 4.69) is 45.7 Å². The quantitative estimate of drug-likeness (QED) is 0.402. The largest absolute Gasteiger partial charge is 0.392 e. The number of benzene rings is 2. The van der Waals surface area contributed by atoms with Gasteiger partial charge in [-0.1, -0.05) is 42.5 Å². The predicted octanol–water partition coefficient (Wildman–Crippen LogP) is 3.39. The summed E-state index contributed by atoms with van der Waals surface area (Å²) in [6.45, 7) is 2.33. The molecule has 9 heteroatoms. The van der Waals surface area contributed by atoms with Crippen LogP contribution in [0.25, 0.3) is 11.1 Å². The third-order valence-corrected chi connectivity index (χ3v) is 7.65. The topological polar surface area (TPSA) is 137 Å². The Labute approximate surface area is 221 Å². The van der Waals surface area contributed by atoms with E-state index in [-0.39, 0.29) is 36.2 Å². The van der Waals surface area contributed by atoms with Gasteiger partial charge in [0, 0.05) is 31.7 Å². The first kappa shape index (κ1) is 25.6. The second-order valence-electron chi connectivity index (χ2n) is 10.4. The molecule has 0 bridgehead atoms. The summed E-state index contributed by atoms with van der Waals surface area (Å²) in [6, 6.07) is 18.6. The van der Waals surface area contributed by atoms with Gasteiger partial charge in [-0.25, -0.2) is 0 Å². The van der Waals surface area contributed by atoms with Crippen molar-refractivity contribution in [1.82, 2.24) is 14.7 Å². The summed E-state index contributed by atoms with van der Waals surface area (Å²) in [5.74, 6) is -0.650. The molecular formula is C29H32N6O3. The lowest BCUT2D eigenvalue weighted by Gasteiger charge is -2.40. The monoisotopic (exact) mass is 512 g/mol. The molecule has 38 heavy (non-hydrogen) atoms. The molecule has 4 N–H and O–H groups in total. The minimum atomic E-state index is -0.654. The van der Waals surface area contributed by atoms with E-state index in [0.29, 0.717) is 12.8 Å². The van der Waals surface area contributed by atoms with Crippen molar-refractivity contribution >= 4 is 17.6 Å². The summed E-state index contributed by atoms with van der Waals surface area (Å²) in [5.41, 5.74) is 9.44. The number of piperidine rings is 1. The zero-order valence-electron chi connectivity index (χ0n) is 21.3. The maximum Gasteiger partial charge on any atom is 0.254 e. The van der Waals surface area contributed by atoms with Gasteiger partial charge in [0.25, 0.3) is 5.91 Å². The fraction of sp³-hybridized carbons (Fsp3) is 0.379. The van der Waals surface area contributed by atoms with Crippen LogP contribution >= 0.6 is 0 Å². The van der Waals surface area contributed by atoms with Gasteiger partial charge in [-0.3, -0.25) is 19.2 Å². The van der Waals surface area contributed by atoms with Gasteiger partial charge in [-0.2, -0.15) is 10.4 Å². The number of carbonyl (C=O) groups excluding carboxylic acids is 2. The highest BCUT2D eigenvalue weighted by atomic mass is 16.3. The molecule has 1 saturated heterocycles. The first-order valence-electron chi connectivity index (χ1n) is 13.0. The van der Waals surface area contributed by atoms with Crippen LogP contribution in [0.2, 0.25) is 0 Å². The van der Waals surface area contributed by atoms with E-state index in [1.165, 1.54) is 5.56 Å². The summed E-state index contributed by atoms with van der Waals surface area (Å²) < 4.78 is 1.69. The van der Waals surface area contributed by atoms with E-state index in [1.807, 2.05) is 24.3 Å². The highest BCUT2D eigenvalue weighted by molar-refractivity contribution is 6.02. The third kappa shape index (κ3) is 5.47. The molecule has 5 rings (SSSR count). The zero-order valence-corrected chi connectivity index (χ0v) is 21.3. The van der Waals surface area contributed by atoms with Crippen LogP contribution in [-0.4, -0.2) is 44.7 Å². The molecule has 0 atom stereocenters. The van der Waals surface area contributed by atoms with Gasteiger partial charge in [-0.15, -0.1) is 0 Å². The highest BCUT2D eigenvalue weighted by Gasteiger charge is 2.39. The molecule has 2 fully saturated rings. The second-order valence-corrected chi connectivity index (χ2v) is 10.4. The highest BCUT2D eigenvalue weighted by Crippen LogP contribution is 2.36. The SMILES string of the molecule is N#CCC1(n2cc(C(N)=O)c(NC(=O)C3CC3)n2)CCN(Cc2ccc(-c3cccc(CO)c3)cc2)CC1. The number of nitrogens with two attached hydrogens (primary N) is 1. The number of aliphatic hydroxyl groups is 1. The molecule has 1 saturated carbocycles. The van der Waals surface area contributed by atoms with Crippen molar-refractivity contribution in [2.75, 3.05) is 18.4 Å². The fourth-order valence-corrected chi connectivity index (χ4v) is 5.13. The van der Waals surface area contributed by atoms with Crippen molar-refractivity contribution in [3.63, 3.8) is 0 Å². The van der Waals surface area contributed by atoms with E-state index in [0.717, 1.165) is 49.2 Å². The van der Waals surface area contributed by atoms with Crippen molar-refractivity contribution < 1.29 is 14.7 Å². The molecule has 1 aromatic heterocycles. The Bertz CT molecular complexity index is 1360. The minimum absolute atomic E-state index is 0.0208. The van der Waals surface area contributed by atoms with Gasteiger partial charge in [0.15, 0.2) is 5.82 Å². The maximum atomic E-state index is 12.3. The molecule has 2 aromatic carbocycles. The molecule has 2 amide bonds. The van der Waals surface area contributed by atoms with Crippen molar-refractivity contribution in [3.8, 4) is 17.2 Å². The van der Waals surface area contributed by atoms with E-state index in [4.69, 9.17) is 5.73 Å². The normalized spacial score (nSPS) is 17.1. The molecule has 9 nitrogen and oxygen atoms in total. The fourth-order valence-electron chi connectivity index (χ4n) is 5.13. The van der Waals surface area contributed by atoms with Crippen molar-refractivity contribution in [2.24, 2.45) is 11.7 Å². The Hall–Kier alpha value is -4.00. The average Bonchev–Trinajstić information content (AvgIpc) is 3.70. The molecule has 1 aliphatic carbocycles. The number of nitrogens with zero attached hydrogens (tertiary/aromatic N) is 4. The summed E-state index contributed by atoms with van der Waals surface area (Å²) in [7, 11) is 0. The number of nitrogens with one attached hydrogen (secondary N) is 1. The first-order valence-corrected chi connectivity index (χ1v) is 13.0. The average molecular weight is 513 g/mol. The number of nitriles is 1. The maximum absolute atomic E-state index is 12.3. The Morgan fingerprint density at radius 1 is 1.11 bits per heavy atom. The van der Waals surface area contributed by atoms with E-state index < -0.39 is 11.4 Å². The van der Waals surface area contributed by atoms with Crippen molar-refractivity contribution in [2.45, 2.75) is 50.8 Å². The molecule has 3 aromatic rings. The molecule has 2 aliphatic rings. The molecule has 1 aliphatic heterocycles. The summed E-state index contributed by atoms with van der Waals surface area (Å²) >= 11 is 0. The standard InChI is InChI=1S/C29H32N6O3/c30-13-10-29(35-18-25(26(31)37)27(33-35)32-28(38)23-8-9-23)11-14-34(15-12-29)17-20-4-6-22(7-5-20)24-3-1-2-21(16-24)19-36/h1-7,16,18,23,36H,8-12,14-15,17,19H2,(H2,31,37)(H,32,33,38). The number of carbonyl (C=O) groups is 2. The number of hydrogen-bond donors (Lipinski definition) is 3. The Kier molecular flexibility index (Phi) is 7.27. The predicted molar refractivity (Wildman–Crippen MR) is 143 cm³/mol. The number of hydrogen-bond acceptors (Lipinski definition) is 6. The Balaban J connectivity index is 1.27. The van der Waals surface area contributed by atoms with Crippen LogP contribution in [0.3, 0.4) is 0 Å². The third-order valence-electron chi connectivity index (χ3n) is 7.65. The van der Waals surface area contributed by atoms with Gasteiger partial charge in [0.05, 0.1) is 24.6 Å². The van der Waals surface area contributed by atoms with E-state index in [9.17, 15) is 20.0 Å². The van der Waals surface area contributed by atoms with Crippen LogP contribution in [0.4, 0.5) is 5.82 Å². The molecule has 0 radical (unpaired) electrons. The molecule has 0 unspecified atom stereocenters. The van der Waals surface area contributed by atoms with Gasteiger partial charge in [-0.05, 0) is 54.0 Å². The van der Waals surface area contributed by atoms with Crippen LogP contribution in [0.5, 0.6) is 0 Å². The number of aliphatic hydroxyl groups excluding tert-OH is 1. The van der Waals surface area contributed by atoms with Gasteiger partial charge in [0.2, 0.25) is 5.91 Å². The minimum Gasteiger partial charge on any atom is -0.392 e. The van der Waals surface area contributed by atoms with Crippen LogP contribution < -0.4 is 11.1 Å². The van der Waals surface area contributed by atoms with Gasteiger partial charge < -0.3 is 16.2 Å². The molecular weight excluding hydrogens is 480 g/mol. The lowest BCUT2D eigenvalue weighted by molar-refractivity contribution is -0.117. The Morgan fingerprint density at radius 3 is 2.47 bits per heavy atom. The first-order chi connectivity index (χ1) is 18.4. The zero-order chi connectivity index (χ0) is 26.7. The summed E-state index contributed by atoms with van der Waals surface area (Å²) in [4.78, 5) is 26.7. The molecule has 196 valence electrons. The molecule has 0 spiro atoms. The number of primary amides is 1. The number of anilines is 1. The number of rotatable bonds is 9. The van der Waals surface area contributed by atoms with Crippen LogP contribution in [0, 0.1) is 17.2 Å². The van der Waals surface area contributed by atoms with Crippen molar-refractivity contribution in [3.05, 3.63) is 71.4 Å². The van der Waals surface area contributed by atoms with Gasteiger partial charge >= 0.3 is 0 Å². The van der Waals surface area contributed by atoms with Gasteiger partial charge in [0.1, 0.15) is 5.56 Å². The number of amides is 2. The van der Waals surface area contributed by atoms with E-state index >= 15 is 0 Å². The smallest absolute Gasteiger partial charge is 0.254 e. The van der Waals surface area contributed by atoms with Crippen LogP contribution in [-0.2, 0) is 23.5 Å². The molecule has 2 heterocycles. The number of likely N-dealkylation sites (tertiary alicyclic amines) is 1. The lowest BCUT2D eigenvalue weighted by atomic mass is 9.84. The van der Waals surface area contributed by atoms with Crippen LogP contribution in [0.1, 0.15) is 53.6 Å². The van der Waals surface area contributed by atoms with Crippen LogP contribution in [0.15, 0.2) is 54.7 Å². The van der Waals surface area contributed by atoms with Crippen molar-refractivity contribution in [1.29, 1.82) is 5.26 Å². The van der Waals surface area contributed by atoms with E-state index in [1.54, 1.807) is 10.9 Å². The summed E-state index contributed by atoms with van der Waals surface area (Å²) in [5, 5.41) is 26.4. The lowest BCUT2D eigenvalue weighted by Crippen LogP contribution is -2.46.